The Morgan fingerprint density at radius 3 is 2.76 bits per heavy atom. The molecule has 2 heterocycles. The minimum atomic E-state index is -0.286. The zero-order valence-corrected chi connectivity index (χ0v) is 16.7. The Hall–Kier alpha value is -3.12. The Morgan fingerprint density at radius 2 is 2.03 bits per heavy atom. The average molecular weight is 409 g/mol. The van der Waals surface area contributed by atoms with Crippen molar-refractivity contribution in [3.05, 3.63) is 76.8 Å². The van der Waals surface area contributed by atoms with Gasteiger partial charge in [0.25, 0.3) is 0 Å². The van der Waals surface area contributed by atoms with Crippen LogP contribution in [0.5, 0.6) is 11.5 Å². The maximum absolute atomic E-state index is 13.3. The molecule has 0 aliphatic carbocycles. The van der Waals surface area contributed by atoms with Crippen molar-refractivity contribution < 1.29 is 18.7 Å². The van der Waals surface area contributed by atoms with Gasteiger partial charge in [-0.25, -0.2) is 4.39 Å². The molecule has 0 saturated carbocycles. The molecule has 0 fully saturated rings. The van der Waals surface area contributed by atoms with Crippen LogP contribution in [0.3, 0.4) is 0 Å². The summed E-state index contributed by atoms with van der Waals surface area (Å²) in [6.07, 6.45) is 2.03. The zero-order valence-electron chi connectivity index (χ0n) is 15.9. The minimum absolute atomic E-state index is 0.0461. The lowest BCUT2D eigenvalue weighted by molar-refractivity contribution is -0.116. The molecular weight excluding hydrogens is 389 g/mol. The quantitative estimate of drug-likeness (QED) is 0.539. The highest BCUT2D eigenvalue weighted by Crippen LogP contribution is 2.47. The highest BCUT2D eigenvalue weighted by Gasteiger charge is 2.31. The van der Waals surface area contributed by atoms with Crippen molar-refractivity contribution in [2.45, 2.75) is 12.3 Å². The van der Waals surface area contributed by atoms with E-state index < -0.39 is 0 Å². The first kappa shape index (κ1) is 19.2. The van der Waals surface area contributed by atoms with Gasteiger partial charge in [-0.1, -0.05) is 30.9 Å². The van der Waals surface area contributed by atoms with Crippen LogP contribution in [0.25, 0.3) is 11.1 Å². The normalized spacial score (nSPS) is 15.4. The number of halogens is 1. The van der Waals surface area contributed by atoms with Gasteiger partial charge in [0.2, 0.25) is 5.91 Å². The molecule has 0 unspecified atom stereocenters. The molecular formula is C23H20FNO3S. The van der Waals surface area contributed by atoms with Crippen LogP contribution in [-0.4, -0.2) is 19.6 Å². The number of ether oxygens (including phenoxy) is 2. The van der Waals surface area contributed by atoms with Crippen LogP contribution in [0.15, 0.2) is 60.5 Å². The van der Waals surface area contributed by atoms with Gasteiger partial charge in [-0.3, -0.25) is 4.79 Å². The maximum atomic E-state index is 13.3. The van der Waals surface area contributed by atoms with Gasteiger partial charge in [0.15, 0.2) is 11.5 Å². The third-order valence-corrected chi connectivity index (χ3v) is 5.99. The van der Waals surface area contributed by atoms with E-state index in [1.807, 2.05) is 23.6 Å². The number of amides is 1. The van der Waals surface area contributed by atoms with Gasteiger partial charge in [-0.05, 0) is 35.4 Å². The molecule has 1 aliphatic heterocycles. The van der Waals surface area contributed by atoms with Crippen LogP contribution in [0.2, 0.25) is 0 Å². The Bertz CT molecular complexity index is 1060. The predicted octanol–water partition coefficient (Wildman–Crippen LogP) is 5.60. The van der Waals surface area contributed by atoms with E-state index in [9.17, 15) is 9.18 Å². The second-order valence-electron chi connectivity index (χ2n) is 6.71. The first-order valence-electron chi connectivity index (χ1n) is 9.19. The van der Waals surface area contributed by atoms with Crippen molar-refractivity contribution in [2.24, 2.45) is 0 Å². The summed E-state index contributed by atoms with van der Waals surface area (Å²) in [5, 5.41) is 5.01. The summed E-state index contributed by atoms with van der Waals surface area (Å²) in [7, 11) is 1.59. The second-order valence-corrected chi connectivity index (χ2v) is 7.62. The zero-order chi connectivity index (χ0) is 20.4. The lowest BCUT2D eigenvalue weighted by Gasteiger charge is -2.24. The molecule has 148 valence electrons. The number of methoxy groups -OCH3 is 1. The Balaban J connectivity index is 1.73. The minimum Gasteiger partial charge on any atom is -0.493 e. The molecule has 0 spiro atoms. The predicted molar refractivity (Wildman–Crippen MR) is 113 cm³/mol. The molecule has 3 aromatic rings. The van der Waals surface area contributed by atoms with Gasteiger partial charge < -0.3 is 14.8 Å². The van der Waals surface area contributed by atoms with E-state index in [0.29, 0.717) is 24.5 Å². The fraction of sp³-hybridized carbons (Fsp3) is 0.174. The Morgan fingerprint density at radius 1 is 1.24 bits per heavy atom. The molecule has 1 aliphatic rings. The summed E-state index contributed by atoms with van der Waals surface area (Å²) in [4.78, 5) is 13.5. The van der Waals surface area contributed by atoms with Crippen LogP contribution < -0.4 is 14.8 Å². The number of carbonyl (C=O) groups is 1. The maximum Gasteiger partial charge on any atom is 0.225 e. The van der Waals surface area contributed by atoms with E-state index in [1.165, 1.54) is 12.1 Å². The standard InChI is InChI=1S/C23H20FNO3S/c1-3-10-28-19-9-6-15(11-20(19)27-2)17-12-21(26)25-22-18(13-29-23(17)22)14-4-7-16(24)8-5-14/h3-9,11,13,17H,1,10,12H2,2H3,(H,25,26)/t17-/m1/s1. The molecule has 29 heavy (non-hydrogen) atoms. The van der Waals surface area contributed by atoms with Crippen LogP contribution >= 0.6 is 11.3 Å². The monoisotopic (exact) mass is 409 g/mol. The van der Waals surface area contributed by atoms with Crippen LogP contribution in [0, 0.1) is 5.82 Å². The molecule has 0 bridgehead atoms. The van der Waals surface area contributed by atoms with E-state index in [0.717, 1.165) is 27.3 Å². The summed E-state index contributed by atoms with van der Waals surface area (Å²) in [6, 6.07) is 12.0. The Labute approximate surface area is 172 Å². The summed E-state index contributed by atoms with van der Waals surface area (Å²) >= 11 is 1.59. The number of rotatable bonds is 6. The molecule has 4 nitrogen and oxygen atoms in total. The van der Waals surface area contributed by atoms with Crippen molar-refractivity contribution in [2.75, 3.05) is 19.0 Å². The number of fused-ring (bicyclic) bond motifs is 1. The van der Waals surface area contributed by atoms with Crippen molar-refractivity contribution in [3.8, 4) is 22.6 Å². The molecule has 1 N–H and O–H groups in total. The van der Waals surface area contributed by atoms with Crippen LogP contribution in [-0.2, 0) is 4.79 Å². The SMILES string of the molecule is C=CCOc1ccc([C@H]2CC(=O)Nc3c(-c4ccc(F)cc4)csc32)cc1OC. The average Bonchev–Trinajstić information content (AvgIpc) is 3.15. The number of hydrogen-bond acceptors (Lipinski definition) is 4. The summed E-state index contributed by atoms with van der Waals surface area (Å²) in [5.74, 6) is 0.836. The fourth-order valence-corrected chi connectivity index (χ4v) is 4.67. The first-order chi connectivity index (χ1) is 14.1. The fourth-order valence-electron chi connectivity index (χ4n) is 3.51. The highest BCUT2D eigenvalue weighted by atomic mass is 32.1. The van der Waals surface area contributed by atoms with Crippen molar-refractivity contribution in [1.29, 1.82) is 0 Å². The molecule has 1 atom stereocenters. The topological polar surface area (TPSA) is 47.6 Å². The summed E-state index contributed by atoms with van der Waals surface area (Å²) in [6.45, 7) is 4.04. The third-order valence-electron chi connectivity index (χ3n) is 4.89. The van der Waals surface area contributed by atoms with Crippen molar-refractivity contribution >= 4 is 22.9 Å². The molecule has 0 saturated heterocycles. The summed E-state index contributed by atoms with van der Waals surface area (Å²) in [5.41, 5.74) is 3.56. The molecule has 4 rings (SSSR count). The number of benzene rings is 2. The largest absolute Gasteiger partial charge is 0.493 e. The highest BCUT2D eigenvalue weighted by molar-refractivity contribution is 7.11. The molecule has 6 heteroatoms. The first-order valence-corrected chi connectivity index (χ1v) is 10.1. The smallest absolute Gasteiger partial charge is 0.225 e. The van der Waals surface area contributed by atoms with Crippen molar-refractivity contribution in [3.63, 3.8) is 0 Å². The van der Waals surface area contributed by atoms with Crippen LogP contribution in [0.4, 0.5) is 10.1 Å². The van der Waals surface area contributed by atoms with E-state index in [-0.39, 0.29) is 17.6 Å². The van der Waals surface area contributed by atoms with Gasteiger partial charge in [-0.15, -0.1) is 11.3 Å². The van der Waals surface area contributed by atoms with E-state index in [2.05, 4.69) is 11.9 Å². The number of anilines is 1. The lowest BCUT2D eigenvalue weighted by Crippen LogP contribution is -2.22. The van der Waals surface area contributed by atoms with E-state index >= 15 is 0 Å². The molecule has 1 amide bonds. The number of carbonyl (C=O) groups excluding carboxylic acids is 1. The van der Waals surface area contributed by atoms with E-state index in [4.69, 9.17) is 9.47 Å². The number of hydrogen-bond donors (Lipinski definition) is 1. The lowest BCUT2D eigenvalue weighted by atomic mass is 9.89. The number of thiophene rings is 1. The summed E-state index contributed by atoms with van der Waals surface area (Å²) < 4.78 is 24.4. The third kappa shape index (κ3) is 3.76. The van der Waals surface area contributed by atoms with Gasteiger partial charge >= 0.3 is 0 Å². The molecule has 0 radical (unpaired) electrons. The van der Waals surface area contributed by atoms with Crippen molar-refractivity contribution in [1.82, 2.24) is 0 Å². The van der Waals surface area contributed by atoms with Gasteiger partial charge in [0, 0.05) is 28.2 Å². The molecule has 2 aromatic carbocycles. The molecule has 1 aromatic heterocycles. The van der Waals surface area contributed by atoms with Gasteiger partial charge in [-0.2, -0.15) is 0 Å². The van der Waals surface area contributed by atoms with Crippen LogP contribution in [0.1, 0.15) is 22.8 Å². The Kier molecular flexibility index (Phi) is 5.36. The second kappa shape index (κ2) is 8.09. The van der Waals surface area contributed by atoms with Gasteiger partial charge in [0.1, 0.15) is 12.4 Å². The van der Waals surface area contributed by atoms with Gasteiger partial charge in [0.05, 0.1) is 12.8 Å². The number of nitrogens with one attached hydrogen (secondary N) is 1. The van der Waals surface area contributed by atoms with E-state index in [1.54, 1.807) is 36.7 Å².